The highest BCUT2D eigenvalue weighted by molar-refractivity contribution is 5.98. The van der Waals surface area contributed by atoms with Crippen LogP contribution in [0.2, 0.25) is 0 Å². The molecule has 1 atom stereocenters. The predicted molar refractivity (Wildman–Crippen MR) is 96.7 cm³/mol. The number of nitrogens with one attached hydrogen (secondary N) is 2. The number of halogens is 1. The normalized spacial score (nSPS) is 11.9. The van der Waals surface area contributed by atoms with E-state index in [0.29, 0.717) is 11.3 Å². The van der Waals surface area contributed by atoms with E-state index in [1.165, 1.54) is 18.2 Å². The average Bonchev–Trinajstić information content (AvgIpc) is 2.55. The zero-order valence-corrected chi connectivity index (χ0v) is 14.7. The Morgan fingerprint density at radius 1 is 1.08 bits per heavy atom. The van der Waals surface area contributed by atoms with E-state index in [4.69, 9.17) is 0 Å². The average molecular weight is 342 g/mol. The molecule has 0 spiro atoms. The van der Waals surface area contributed by atoms with Gasteiger partial charge in [0.15, 0.2) is 0 Å². The molecule has 132 valence electrons. The summed E-state index contributed by atoms with van der Waals surface area (Å²) in [5.74, 6) is -0.963. The molecule has 25 heavy (non-hydrogen) atoms. The molecule has 0 saturated heterocycles. The van der Waals surface area contributed by atoms with E-state index < -0.39 is 6.04 Å². The Bertz CT molecular complexity index is 745. The Hall–Kier alpha value is -2.69. The van der Waals surface area contributed by atoms with Gasteiger partial charge in [-0.1, -0.05) is 44.2 Å². The van der Waals surface area contributed by atoms with Crippen molar-refractivity contribution in [1.29, 1.82) is 0 Å². The van der Waals surface area contributed by atoms with Crippen molar-refractivity contribution in [1.82, 2.24) is 5.32 Å². The molecule has 0 unspecified atom stereocenters. The van der Waals surface area contributed by atoms with E-state index in [1.807, 2.05) is 44.2 Å². The van der Waals surface area contributed by atoms with Gasteiger partial charge in [-0.2, -0.15) is 0 Å². The van der Waals surface area contributed by atoms with Crippen LogP contribution in [-0.4, -0.2) is 17.9 Å². The van der Waals surface area contributed by atoms with Crippen molar-refractivity contribution in [3.63, 3.8) is 0 Å². The number of carbonyl (C=O) groups excluding carboxylic acids is 2. The van der Waals surface area contributed by atoms with Crippen molar-refractivity contribution >= 4 is 17.5 Å². The van der Waals surface area contributed by atoms with Crippen LogP contribution in [-0.2, 0) is 16.0 Å². The summed E-state index contributed by atoms with van der Waals surface area (Å²) in [4.78, 5) is 24.8. The number of benzene rings is 2. The number of rotatable bonds is 6. The van der Waals surface area contributed by atoms with Gasteiger partial charge in [0.1, 0.15) is 11.9 Å². The van der Waals surface area contributed by atoms with Crippen molar-refractivity contribution in [2.75, 3.05) is 5.32 Å². The third-order valence-electron chi connectivity index (χ3n) is 3.92. The summed E-state index contributed by atoms with van der Waals surface area (Å²) < 4.78 is 13.2. The fourth-order valence-corrected chi connectivity index (χ4v) is 2.52. The van der Waals surface area contributed by atoms with Gasteiger partial charge in [-0.15, -0.1) is 0 Å². The molecular weight excluding hydrogens is 319 g/mol. The molecule has 0 radical (unpaired) electrons. The smallest absolute Gasteiger partial charge is 0.247 e. The second kappa shape index (κ2) is 8.42. The molecule has 0 aliphatic carbocycles. The molecule has 4 nitrogen and oxygen atoms in total. The number of amides is 2. The van der Waals surface area contributed by atoms with Gasteiger partial charge in [0.2, 0.25) is 11.8 Å². The monoisotopic (exact) mass is 342 g/mol. The van der Waals surface area contributed by atoms with Crippen LogP contribution >= 0.6 is 0 Å². The van der Waals surface area contributed by atoms with Crippen LogP contribution in [0, 0.1) is 18.7 Å². The van der Waals surface area contributed by atoms with Crippen LogP contribution in [0.25, 0.3) is 0 Å². The summed E-state index contributed by atoms with van der Waals surface area (Å²) in [7, 11) is 0. The van der Waals surface area contributed by atoms with Crippen LogP contribution in [0.5, 0.6) is 0 Å². The Labute approximate surface area is 147 Å². The first kappa shape index (κ1) is 18.6. The largest absolute Gasteiger partial charge is 0.344 e. The van der Waals surface area contributed by atoms with Gasteiger partial charge < -0.3 is 10.6 Å². The molecule has 2 N–H and O–H groups in total. The minimum Gasteiger partial charge on any atom is -0.344 e. The summed E-state index contributed by atoms with van der Waals surface area (Å²) in [5, 5.41) is 5.56. The predicted octanol–water partition coefficient (Wildman–Crippen LogP) is 3.46. The van der Waals surface area contributed by atoms with Crippen molar-refractivity contribution < 1.29 is 14.0 Å². The quantitative estimate of drug-likeness (QED) is 0.845. The highest BCUT2D eigenvalue weighted by Gasteiger charge is 2.24. The first-order valence-electron chi connectivity index (χ1n) is 8.27. The second-order valence-corrected chi connectivity index (χ2v) is 6.40. The van der Waals surface area contributed by atoms with Crippen LogP contribution < -0.4 is 10.6 Å². The van der Waals surface area contributed by atoms with Crippen LogP contribution in [0.1, 0.15) is 25.0 Å². The molecule has 0 bridgehead atoms. The molecule has 0 heterocycles. The van der Waals surface area contributed by atoms with Gasteiger partial charge >= 0.3 is 0 Å². The Morgan fingerprint density at radius 2 is 1.76 bits per heavy atom. The summed E-state index contributed by atoms with van der Waals surface area (Å²) in [6.07, 6.45) is 0.215. The maximum Gasteiger partial charge on any atom is 0.247 e. The topological polar surface area (TPSA) is 58.2 Å². The molecule has 2 rings (SSSR count). The van der Waals surface area contributed by atoms with Crippen LogP contribution in [0.15, 0.2) is 48.5 Å². The molecule has 0 aliphatic rings. The van der Waals surface area contributed by atoms with E-state index in [-0.39, 0.29) is 30.0 Å². The Kier molecular flexibility index (Phi) is 6.28. The maximum absolute atomic E-state index is 13.2. The Morgan fingerprint density at radius 3 is 2.36 bits per heavy atom. The summed E-state index contributed by atoms with van der Waals surface area (Å²) >= 11 is 0. The third-order valence-corrected chi connectivity index (χ3v) is 3.92. The fraction of sp³-hybridized carbons (Fsp3) is 0.300. The molecule has 2 aromatic rings. The number of hydrogen-bond acceptors (Lipinski definition) is 2. The first-order valence-corrected chi connectivity index (χ1v) is 8.27. The standard InChI is InChI=1S/C20H23FN2O2/c1-13(2)19(23-18(24)12-15-7-5-4-6-8-15)20(25)22-17-10-9-16(21)11-14(17)3/h4-11,13,19H,12H2,1-3H3,(H,22,25)(H,23,24)/t19-/m1/s1. The summed E-state index contributed by atoms with van der Waals surface area (Å²) in [5.41, 5.74) is 2.05. The van der Waals surface area contributed by atoms with Crippen LogP contribution in [0.3, 0.4) is 0 Å². The SMILES string of the molecule is Cc1cc(F)ccc1NC(=O)[C@H](NC(=O)Cc1ccccc1)C(C)C. The lowest BCUT2D eigenvalue weighted by molar-refractivity contribution is -0.127. The van der Waals surface area contributed by atoms with Crippen molar-refractivity contribution in [3.05, 3.63) is 65.5 Å². The van der Waals surface area contributed by atoms with Gasteiger partial charge in [0.25, 0.3) is 0 Å². The molecule has 0 fully saturated rings. The summed E-state index contributed by atoms with van der Waals surface area (Å²) in [6, 6.07) is 12.9. The van der Waals surface area contributed by atoms with Gasteiger partial charge in [-0.05, 0) is 42.2 Å². The minimum atomic E-state index is -0.666. The van der Waals surface area contributed by atoms with Gasteiger partial charge in [-0.3, -0.25) is 9.59 Å². The Balaban J connectivity index is 2.03. The molecular formula is C20H23FN2O2. The lowest BCUT2D eigenvalue weighted by atomic mass is 10.0. The molecule has 0 saturated carbocycles. The van der Waals surface area contributed by atoms with E-state index in [2.05, 4.69) is 10.6 Å². The number of hydrogen-bond donors (Lipinski definition) is 2. The zero-order valence-electron chi connectivity index (χ0n) is 14.7. The third kappa shape index (κ3) is 5.41. The number of anilines is 1. The van der Waals surface area contributed by atoms with E-state index >= 15 is 0 Å². The van der Waals surface area contributed by atoms with Gasteiger partial charge in [0.05, 0.1) is 6.42 Å². The van der Waals surface area contributed by atoms with Gasteiger partial charge in [0, 0.05) is 5.69 Å². The second-order valence-electron chi connectivity index (χ2n) is 6.40. The fourth-order valence-electron chi connectivity index (χ4n) is 2.52. The molecule has 5 heteroatoms. The van der Waals surface area contributed by atoms with Crippen molar-refractivity contribution in [2.45, 2.75) is 33.2 Å². The lowest BCUT2D eigenvalue weighted by Crippen LogP contribution is -2.47. The molecule has 0 aromatic heterocycles. The highest BCUT2D eigenvalue weighted by Crippen LogP contribution is 2.17. The zero-order chi connectivity index (χ0) is 18.4. The van der Waals surface area contributed by atoms with Crippen molar-refractivity contribution in [2.24, 2.45) is 5.92 Å². The number of carbonyl (C=O) groups is 2. The van der Waals surface area contributed by atoms with E-state index in [1.54, 1.807) is 6.92 Å². The van der Waals surface area contributed by atoms with Gasteiger partial charge in [-0.25, -0.2) is 4.39 Å². The van der Waals surface area contributed by atoms with E-state index in [0.717, 1.165) is 5.56 Å². The molecule has 2 amide bonds. The molecule has 2 aromatic carbocycles. The minimum absolute atomic E-state index is 0.0829. The highest BCUT2D eigenvalue weighted by atomic mass is 19.1. The van der Waals surface area contributed by atoms with Crippen LogP contribution in [0.4, 0.5) is 10.1 Å². The maximum atomic E-state index is 13.2. The summed E-state index contributed by atoms with van der Waals surface area (Å²) in [6.45, 7) is 5.45. The molecule has 0 aliphatic heterocycles. The first-order chi connectivity index (χ1) is 11.9. The lowest BCUT2D eigenvalue weighted by Gasteiger charge is -2.22. The number of aryl methyl sites for hydroxylation is 1. The van der Waals surface area contributed by atoms with Crippen molar-refractivity contribution in [3.8, 4) is 0 Å². The van der Waals surface area contributed by atoms with E-state index in [9.17, 15) is 14.0 Å².